The molecule has 7 nitrogen and oxygen atoms in total. The van der Waals surface area contributed by atoms with Crippen molar-refractivity contribution in [1.82, 2.24) is 10.6 Å². The molecule has 0 unspecified atom stereocenters. The zero-order valence-corrected chi connectivity index (χ0v) is 15.7. The van der Waals surface area contributed by atoms with Crippen LogP contribution in [0.3, 0.4) is 0 Å². The van der Waals surface area contributed by atoms with Crippen LogP contribution in [0.2, 0.25) is 0 Å². The number of carbonyl (C=O) groups excluding carboxylic acids is 3. The predicted octanol–water partition coefficient (Wildman–Crippen LogP) is 1.23. The molecule has 0 spiro atoms. The van der Waals surface area contributed by atoms with E-state index < -0.39 is 24.5 Å². The number of amides is 2. The summed E-state index contributed by atoms with van der Waals surface area (Å²) in [6.07, 6.45) is 0. The van der Waals surface area contributed by atoms with Crippen molar-refractivity contribution < 1.29 is 19.5 Å². The average molecular weight is 397 g/mol. The SMILES string of the molecule is O=C(N[C@@H](CO)C(=O)NC1=NCCS1)c1cccc(C(=O)c2ccccc2)c1. The first-order chi connectivity index (χ1) is 13.6. The molecule has 8 heteroatoms. The van der Waals surface area contributed by atoms with Crippen LogP contribution < -0.4 is 10.6 Å². The summed E-state index contributed by atoms with van der Waals surface area (Å²) in [7, 11) is 0. The number of nitrogens with zero attached hydrogens (tertiary/aromatic N) is 1. The normalized spacial score (nSPS) is 14.1. The number of aliphatic imine (C=N–C) groups is 1. The molecule has 0 saturated carbocycles. The Balaban J connectivity index is 1.69. The van der Waals surface area contributed by atoms with Crippen molar-refractivity contribution in [3.8, 4) is 0 Å². The lowest BCUT2D eigenvalue weighted by molar-refractivity contribution is -0.122. The topological polar surface area (TPSA) is 108 Å². The van der Waals surface area contributed by atoms with E-state index >= 15 is 0 Å². The van der Waals surface area contributed by atoms with Crippen molar-refractivity contribution in [2.24, 2.45) is 4.99 Å². The Bertz CT molecular complexity index is 915. The number of hydrogen-bond donors (Lipinski definition) is 3. The monoisotopic (exact) mass is 397 g/mol. The molecule has 28 heavy (non-hydrogen) atoms. The van der Waals surface area contributed by atoms with Crippen molar-refractivity contribution in [3.05, 3.63) is 71.3 Å². The molecule has 2 amide bonds. The highest BCUT2D eigenvalue weighted by Crippen LogP contribution is 2.12. The number of aliphatic hydroxyl groups is 1. The van der Waals surface area contributed by atoms with Gasteiger partial charge in [-0.15, -0.1) is 0 Å². The van der Waals surface area contributed by atoms with E-state index in [9.17, 15) is 19.5 Å². The van der Waals surface area contributed by atoms with E-state index in [1.54, 1.807) is 42.5 Å². The molecule has 2 aromatic rings. The predicted molar refractivity (Wildman–Crippen MR) is 108 cm³/mol. The van der Waals surface area contributed by atoms with E-state index in [1.807, 2.05) is 6.07 Å². The largest absolute Gasteiger partial charge is 0.394 e. The molecule has 1 aliphatic rings. The fourth-order valence-electron chi connectivity index (χ4n) is 2.60. The van der Waals surface area contributed by atoms with Gasteiger partial charge in [0.2, 0.25) is 0 Å². The molecule has 3 N–H and O–H groups in total. The van der Waals surface area contributed by atoms with Crippen molar-refractivity contribution in [1.29, 1.82) is 0 Å². The van der Waals surface area contributed by atoms with Gasteiger partial charge in [0.15, 0.2) is 11.0 Å². The third-order valence-electron chi connectivity index (χ3n) is 4.04. The minimum Gasteiger partial charge on any atom is -0.394 e. The van der Waals surface area contributed by atoms with Gasteiger partial charge >= 0.3 is 0 Å². The number of benzene rings is 2. The van der Waals surface area contributed by atoms with Gasteiger partial charge in [-0.2, -0.15) is 0 Å². The maximum atomic E-state index is 12.5. The number of aliphatic hydroxyl groups excluding tert-OH is 1. The number of thioether (sulfide) groups is 1. The summed E-state index contributed by atoms with van der Waals surface area (Å²) < 4.78 is 0. The van der Waals surface area contributed by atoms with E-state index in [2.05, 4.69) is 15.6 Å². The van der Waals surface area contributed by atoms with E-state index in [0.29, 0.717) is 22.8 Å². The van der Waals surface area contributed by atoms with Gasteiger partial charge in [0.1, 0.15) is 6.04 Å². The van der Waals surface area contributed by atoms with Crippen LogP contribution >= 0.6 is 11.8 Å². The molecule has 1 atom stereocenters. The smallest absolute Gasteiger partial charge is 0.252 e. The first kappa shape index (κ1) is 19.8. The molecule has 2 aromatic carbocycles. The Morgan fingerprint density at radius 2 is 1.75 bits per heavy atom. The van der Waals surface area contributed by atoms with Crippen molar-refractivity contribution in [2.45, 2.75) is 6.04 Å². The van der Waals surface area contributed by atoms with Gasteiger partial charge in [0.05, 0.1) is 13.2 Å². The van der Waals surface area contributed by atoms with Crippen LogP contribution in [-0.2, 0) is 4.79 Å². The molecule has 0 saturated heterocycles. The Hall–Kier alpha value is -2.97. The van der Waals surface area contributed by atoms with Crippen LogP contribution in [0.5, 0.6) is 0 Å². The third kappa shape index (κ3) is 4.85. The van der Waals surface area contributed by atoms with Gasteiger partial charge in [0, 0.05) is 22.4 Å². The zero-order chi connectivity index (χ0) is 19.9. The quantitative estimate of drug-likeness (QED) is 0.636. The molecule has 0 fully saturated rings. The van der Waals surface area contributed by atoms with Gasteiger partial charge in [-0.1, -0.05) is 54.2 Å². The van der Waals surface area contributed by atoms with Crippen molar-refractivity contribution in [2.75, 3.05) is 18.9 Å². The Morgan fingerprint density at radius 3 is 2.43 bits per heavy atom. The van der Waals surface area contributed by atoms with Crippen LogP contribution in [0.25, 0.3) is 0 Å². The molecule has 0 aromatic heterocycles. The fourth-order valence-corrected chi connectivity index (χ4v) is 3.33. The highest BCUT2D eigenvalue weighted by atomic mass is 32.2. The first-order valence-electron chi connectivity index (χ1n) is 8.68. The number of nitrogens with one attached hydrogen (secondary N) is 2. The number of ketones is 1. The second kappa shape index (κ2) is 9.29. The summed E-state index contributed by atoms with van der Waals surface area (Å²) >= 11 is 1.40. The van der Waals surface area contributed by atoms with Crippen LogP contribution in [0.1, 0.15) is 26.3 Å². The molecule has 0 radical (unpaired) electrons. The van der Waals surface area contributed by atoms with Gasteiger partial charge < -0.3 is 15.7 Å². The number of rotatable bonds is 6. The first-order valence-corrected chi connectivity index (χ1v) is 9.66. The van der Waals surface area contributed by atoms with E-state index in [-0.39, 0.29) is 11.3 Å². The lowest BCUT2D eigenvalue weighted by atomic mass is 10.0. The van der Waals surface area contributed by atoms with Gasteiger partial charge in [0.25, 0.3) is 11.8 Å². The summed E-state index contributed by atoms with van der Waals surface area (Å²) in [4.78, 5) is 41.4. The lowest BCUT2D eigenvalue weighted by Gasteiger charge is -2.16. The van der Waals surface area contributed by atoms with Crippen LogP contribution in [0, 0.1) is 0 Å². The maximum Gasteiger partial charge on any atom is 0.252 e. The van der Waals surface area contributed by atoms with Gasteiger partial charge in [-0.3, -0.25) is 19.4 Å². The summed E-state index contributed by atoms with van der Waals surface area (Å²) in [5, 5.41) is 15.0. The molecular weight excluding hydrogens is 378 g/mol. The number of carbonyl (C=O) groups is 3. The number of hydrogen-bond acceptors (Lipinski definition) is 6. The Labute approximate surface area is 166 Å². The summed E-state index contributed by atoms with van der Waals surface area (Å²) in [6, 6.07) is 13.9. The highest BCUT2D eigenvalue weighted by Gasteiger charge is 2.23. The van der Waals surface area contributed by atoms with E-state index in [4.69, 9.17) is 0 Å². The Morgan fingerprint density at radius 1 is 1.04 bits per heavy atom. The molecule has 3 rings (SSSR count). The van der Waals surface area contributed by atoms with Gasteiger partial charge in [-0.05, 0) is 12.1 Å². The molecule has 0 aliphatic carbocycles. The lowest BCUT2D eigenvalue weighted by Crippen LogP contribution is -2.49. The van der Waals surface area contributed by atoms with E-state index in [1.165, 1.54) is 17.8 Å². The van der Waals surface area contributed by atoms with E-state index in [0.717, 1.165) is 5.75 Å². The second-order valence-electron chi connectivity index (χ2n) is 6.01. The van der Waals surface area contributed by atoms with Gasteiger partial charge in [-0.25, -0.2) is 0 Å². The molecular formula is C20H19N3O4S. The maximum absolute atomic E-state index is 12.5. The summed E-state index contributed by atoms with van der Waals surface area (Å²) in [5.74, 6) is -0.519. The Kier molecular flexibility index (Phi) is 6.57. The summed E-state index contributed by atoms with van der Waals surface area (Å²) in [6.45, 7) is 0.0663. The fraction of sp³-hybridized carbons (Fsp3) is 0.200. The molecule has 0 bridgehead atoms. The zero-order valence-electron chi connectivity index (χ0n) is 14.9. The van der Waals surface area contributed by atoms with Crippen LogP contribution in [0.15, 0.2) is 59.6 Å². The summed E-state index contributed by atoms with van der Waals surface area (Å²) in [5.41, 5.74) is 1.10. The molecule has 144 valence electrons. The van der Waals surface area contributed by atoms with Crippen molar-refractivity contribution in [3.63, 3.8) is 0 Å². The second-order valence-corrected chi connectivity index (χ2v) is 7.09. The van der Waals surface area contributed by atoms with Crippen LogP contribution in [0.4, 0.5) is 0 Å². The van der Waals surface area contributed by atoms with Crippen molar-refractivity contribution >= 4 is 34.5 Å². The number of amidine groups is 1. The standard InChI is InChI=1S/C20H19N3O4S/c24-12-16(19(27)23-20-21-9-10-28-20)22-18(26)15-8-4-7-14(11-15)17(25)13-5-2-1-3-6-13/h1-8,11,16,24H,9-10,12H2,(H,22,26)(H,21,23,27)/t16-/m0/s1. The highest BCUT2D eigenvalue weighted by molar-refractivity contribution is 8.14. The average Bonchev–Trinajstić information content (AvgIpc) is 3.25. The molecule has 1 heterocycles. The van der Waals surface area contributed by atoms with Crippen LogP contribution in [-0.4, -0.2) is 52.8 Å². The minimum absolute atomic E-state index is 0.206. The third-order valence-corrected chi connectivity index (χ3v) is 4.93. The molecule has 1 aliphatic heterocycles. The minimum atomic E-state index is -1.12.